The summed E-state index contributed by atoms with van der Waals surface area (Å²) in [5.41, 5.74) is -1.21. The molecule has 46 heavy (non-hydrogen) atoms. The van der Waals surface area contributed by atoms with E-state index in [0.717, 1.165) is 6.07 Å². The highest BCUT2D eigenvalue weighted by Gasteiger charge is 2.54. The lowest BCUT2D eigenvalue weighted by Crippen LogP contribution is -2.52. The van der Waals surface area contributed by atoms with Crippen molar-refractivity contribution in [1.29, 1.82) is 0 Å². The number of likely N-dealkylation sites (tertiary alicyclic amines) is 1. The van der Waals surface area contributed by atoms with E-state index < -0.39 is 34.9 Å². The van der Waals surface area contributed by atoms with Gasteiger partial charge in [-0.2, -0.15) is 5.10 Å². The number of carbonyl (C=O) groups excluding carboxylic acids is 3. The van der Waals surface area contributed by atoms with Gasteiger partial charge in [0.2, 0.25) is 0 Å². The molecule has 0 unspecified atom stereocenters. The van der Waals surface area contributed by atoms with E-state index in [1.54, 1.807) is 72.9 Å². The van der Waals surface area contributed by atoms with Gasteiger partial charge in [-0.15, -0.1) is 0 Å². The van der Waals surface area contributed by atoms with Crippen molar-refractivity contribution in [2.45, 2.75) is 44.7 Å². The zero-order chi connectivity index (χ0) is 33.0. The van der Waals surface area contributed by atoms with Gasteiger partial charge >= 0.3 is 6.09 Å². The molecular formula is C33H30Cl2FN5O5. The van der Waals surface area contributed by atoms with Crippen molar-refractivity contribution in [3.05, 3.63) is 116 Å². The summed E-state index contributed by atoms with van der Waals surface area (Å²) in [5.74, 6) is -1.86. The molecule has 2 amide bonds. The van der Waals surface area contributed by atoms with Crippen molar-refractivity contribution in [3.8, 4) is 0 Å². The maximum absolute atomic E-state index is 16.3. The molecular weight excluding hydrogens is 636 g/mol. The molecule has 0 saturated carbocycles. The van der Waals surface area contributed by atoms with Crippen molar-refractivity contribution in [2.75, 3.05) is 20.2 Å². The van der Waals surface area contributed by atoms with Crippen LogP contribution in [0.15, 0.2) is 67.1 Å². The van der Waals surface area contributed by atoms with Crippen LogP contribution >= 0.6 is 23.2 Å². The third-order valence-electron chi connectivity index (χ3n) is 7.94. The first-order chi connectivity index (χ1) is 21.8. The highest BCUT2D eigenvalue weighted by atomic mass is 35.5. The Labute approximate surface area is 274 Å². The fourth-order valence-electron chi connectivity index (χ4n) is 5.75. The minimum atomic E-state index is -1.68. The number of hydrogen-bond acceptors (Lipinski definition) is 7. The Kier molecular flexibility index (Phi) is 8.12. The Morgan fingerprint density at radius 3 is 2.35 bits per heavy atom. The third-order valence-corrected chi connectivity index (χ3v) is 8.41. The summed E-state index contributed by atoms with van der Waals surface area (Å²) >= 11 is 12.2. The molecule has 0 spiro atoms. The molecule has 2 aliphatic rings. The quantitative estimate of drug-likeness (QED) is 0.215. The van der Waals surface area contributed by atoms with E-state index in [-0.39, 0.29) is 34.8 Å². The SMILES string of the molecule is CO[C@]1(c2ccc(Cl)cc2)c2c(F)cc(C(=O)c3cnn(C4CN(C(=O)OC(C)(C)C)C4)c3)cc2C(=O)N1Cc1ccc(Cl)cn1. The number of carbonyl (C=O) groups is 3. The minimum Gasteiger partial charge on any atom is -0.444 e. The third kappa shape index (κ3) is 5.63. The second-order valence-electron chi connectivity index (χ2n) is 12.2. The van der Waals surface area contributed by atoms with Crippen LogP contribution in [0.25, 0.3) is 0 Å². The smallest absolute Gasteiger partial charge is 0.410 e. The topological polar surface area (TPSA) is 107 Å². The van der Waals surface area contributed by atoms with E-state index >= 15 is 4.39 Å². The Morgan fingerprint density at radius 2 is 1.72 bits per heavy atom. The van der Waals surface area contributed by atoms with Crippen LogP contribution in [0, 0.1) is 5.82 Å². The van der Waals surface area contributed by atoms with Gasteiger partial charge in [-0.1, -0.05) is 35.3 Å². The van der Waals surface area contributed by atoms with Gasteiger partial charge in [0.1, 0.15) is 11.4 Å². The fraction of sp³-hybridized carbons (Fsp3) is 0.303. The van der Waals surface area contributed by atoms with Crippen LogP contribution in [0.5, 0.6) is 0 Å². The van der Waals surface area contributed by atoms with E-state index in [2.05, 4.69) is 10.1 Å². The number of nitrogens with zero attached hydrogens (tertiary/aromatic N) is 5. The monoisotopic (exact) mass is 665 g/mol. The van der Waals surface area contributed by atoms with Gasteiger partial charge in [-0.25, -0.2) is 9.18 Å². The highest BCUT2D eigenvalue weighted by Crippen LogP contribution is 2.47. The summed E-state index contributed by atoms with van der Waals surface area (Å²) < 4.78 is 29.3. The van der Waals surface area contributed by atoms with Crippen LogP contribution in [0.1, 0.15) is 69.9 Å². The van der Waals surface area contributed by atoms with Crippen molar-refractivity contribution in [3.63, 3.8) is 0 Å². The van der Waals surface area contributed by atoms with E-state index in [1.165, 1.54) is 30.5 Å². The van der Waals surface area contributed by atoms with Gasteiger partial charge in [-0.05, 0) is 57.2 Å². The first-order valence-corrected chi connectivity index (χ1v) is 15.2. The molecule has 1 saturated heterocycles. The summed E-state index contributed by atoms with van der Waals surface area (Å²) in [5, 5.41) is 5.18. The number of aromatic nitrogens is 3. The molecule has 2 aromatic heterocycles. The van der Waals surface area contributed by atoms with Crippen molar-refractivity contribution < 1.29 is 28.2 Å². The molecule has 4 aromatic rings. The maximum atomic E-state index is 16.3. The second-order valence-corrected chi connectivity index (χ2v) is 13.0. The van der Waals surface area contributed by atoms with Gasteiger partial charge < -0.3 is 14.4 Å². The summed E-state index contributed by atoms with van der Waals surface area (Å²) in [4.78, 5) is 47.3. The number of methoxy groups -OCH3 is 1. The standard InChI is InChI=1S/C33H30Cl2FN5O5/c1-32(2,3)46-31(44)39-17-25(18-39)41-15-20(13-38-41)29(42)19-11-26-28(27(36)12-19)33(45-4,21-5-7-22(34)8-6-21)40(30(26)43)16-24-10-9-23(35)14-37-24/h5-15,25H,16-18H2,1-4H3/t33-/m1/s1. The molecule has 6 rings (SSSR count). The number of pyridine rings is 1. The second kappa shape index (κ2) is 11.8. The number of benzene rings is 2. The Hall–Kier alpha value is -4.32. The Morgan fingerprint density at radius 1 is 1.02 bits per heavy atom. The summed E-state index contributed by atoms with van der Waals surface area (Å²) in [6.07, 6.45) is 3.98. The highest BCUT2D eigenvalue weighted by molar-refractivity contribution is 6.30. The zero-order valence-electron chi connectivity index (χ0n) is 25.5. The number of ketones is 1. The van der Waals surface area contributed by atoms with E-state index in [4.69, 9.17) is 32.7 Å². The van der Waals surface area contributed by atoms with Crippen LogP contribution in [0.3, 0.4) is 0 Å². The zero-order valence-corrected chi connectivity index (χ0v) is 27.0. The average molecular weight is 667 g/mol. The lowest BCUT2D eigenvalue weighted by molar-refractivity contribution is -0.0885. The molecule has 2 aromatic carbocycles. The van der Waals surface area contributed by atoms with Gasteiger partial charge in [0.25, 0.3) is 5.91 Å². The van der Waals surface area contributed by atoms with Gasteiger partial charge in [0, 0.05) is 48.7 Å². The summed E-state index contributed by atoms with van der Waals surface area (Å²) in [7, 11) is 1.39. The van der Waals surface area contributed by atoms with Crippen LogP contribution in [0.2, 0.25) is 10.0 Å². The van der Waals surface area contributed by atoms with Gasteiger partial charge in [0.05, 0.1) is 46.2 Å². The van der Waals surface area contributed by atoms with Gasteiger partial charge in [-0.3, -0.25) is 24.2 Å². The van der Waals surface area contributed by atoms with Crippen molar-refractivity contribution in [2.24, 2.45) is 0 Å². The molecule has 2 aliphatic heterocycles. The van der Waals surface area contributed by atoms with E-state index in [9.17, 15) is 14.4 Å². The number of halogens is 3. The lowest BCUT2D eigenvalue weighted by Gasteiger charge is -2.39. The molecule has 0 N–H and O–H groups in total. The number of fused-ring (bicyclic) bond motifs is 1. The predicted molar refractivity (Wildman–Crippen MR) is 167 cm³/mol. The summed E-state index contributed by atoms with van der Waals surface area (Å²) in [6.45, 7) is 6.08. The van der Waals surface area contributed by atoms with Crippen molar-refractivity contribution >= 4 is 41.0 Å². The van der Waals surface area contributed by atoms with Gasteiger partial charge in [0.15, 0.2) is 11.5 Å². The Bertz CT molecular complexity index is 1830. The normalized spacial score (nSPS) is 18.0. The first-order valence-electron chi connectivity index (χ1n) is 14.4. The van der Waals surface area contributed by atoms with E-state index in [1.807, 2.05) is 0 Å². The molecule has 10 nitrogen and oxygen atoms in total. The largest absolute Gasteiger partial charge is 0.444 e. The molecule has 238 valence electrons. The predicted octanol–water partition coefficient (Wildman–Crippen LogP) is 6.25. The molecule has 0 bridgehead atoms. The fourth-order valence-corrected chi connectivity index (χ4v) is 5.98. The average Bonchev–Trinajstić information content (AvgIpc) is 3.55. The number of rotatable bonds is 7. The van der Waals surface area contributed by atoms with Crippen molar-refractivity contribution in [1.82, 2.24) is 24.6 Å². The first kappa shape index (κ1) is 31.7. The molecule has 4 heterocycles. The number of hydrogen-bond donors (Lipinski definition) is 0. The van der Waals surface area contributed by atoms with Crippen LogP contribution in [0.4, 0.5) is 9.18 Å². The molecule has 0 aliphatic carbocycles. The lowest BCUT2D eigenvalue weighted by atomic mass is 9.90. The van der Waals surface area contributed by atoms with E-state index in [0.29, 0.717) is 34.4 Å². The molecule has 1 fully saturated rings. The van der Waals surface area contributed by atoms with Crippen LogP contribution < -0.4 is 0 Å². The minimum absolute atomic E-state index is 0.0199. The molecule has 13 heteroatoms. The number of amides is 2. The molecule has 0 radical (unpaired) electrons. The Balaban J connectivity index is 1.32. The van der Waals surface area contributed by atoms with Crippen LogP contribution in [-0.2, 0) is 21.7 Å². The molecule has 1 atom stereocenters. The summed E-state index contributed by atoms with van der Waals surface area (Å²) in [6, 6.07) is 12.2. The maximum Gasteiger partial charge on any atom is 0.410 e. The number of ether oxygens (including phenoxy) is 2. The van der Waals surface area contributed by atoms with Crippen LogP contribution in [-0.4, -0.2) is 68.1 Å².